The van der Waals surface area contributed by atoms with Gasteiger partial charge in [-0.15, -0.1) is 0 Å². The largest absolute Gasteiger partial charge is 0.492 e. The third-order valence-corrected chi connectivity index (χ3v) is 4.61. The van der Waals surface area contributed by atoms with Crippen LogP contribution in [0.15, 0.2) is 24.3 Å². The van der Waals surface area contributed by atoms with E-state index in [2.05, 4.69) is 0 Å². The van der Waals surface area contributed by atoms with Crippen LogP contribution in [0.3, 0.4) is 0 Å². The minimum absolute atomic E-state index is 0.103. The lowest BCUT2D eigenvalue weighted by Crippen LogP contribution is -2.38. The third-order valence-electron chi connectivity index (χ3n) is 4.61. The van der Waals surface area contributed by atoms with E-state index in [1.807, 2.05) is 13.8 Å². The summed E-state index contributed by atoms with van der Waals surface area (Å²) in [7, 11) is 0. The van der Waals surface area contributed by atoms with Crippen molar-refractivity contribution in [1.82, 2.24) is 4.90 Å². The normalized spacial score (nSPS) is 12.4. The van der Waals surface area contributed by atoms with E-state index in [0.717, 1.165) is 12.5 Å². The van der Waals surface area contributed by atoms with Gasteiger partial charge in [-0.1, -0.05) is 26.0 Å². The van der Waals surface area contributed by atoms with Crippen molar-refractivity contribution in [3.63, 3.8) is 0 Å². The molecule has 0 aliphatic carbocycles. The van der Waals surface area contributed by atoms with E-state index in [9.17, 15) is 23.5 Å². The molecule has 34 heavy (non-hydrogen) atoms. The number of hydrogen-bond donors (Lipinski definition) is 1. The average molecular weight is 490 g/mol. The quantitative estimate of drug-likeness (QED) is 0.327. The van der Waals surface area contributed by atoms with Crippen LogP contribution in [0, 0.1) is 5.92 Å². The molecule has 1 aromatic carbocycles. The third kappa shape index (κ3) is 13.3. The van der Waals surface area contributed by atoms with Crippen LogP contribution in [0.5, 0.6) is 5.75 Å². The summed E-state index contributed by atoms with van der Waals surface area (Å²) in [5.74, 6) is -3.08. The second kappa shape index (κ2) is 15.4. The zero-order valence-electron chi connectivity index (χ0n) is 20.4. The molecule has 8 nitrogen and oxygen atoms in total. The Kier molecular flexibility index (Phi) is 13.4. The van der Waals surface area contributed by atoms with Gasteiger partial charge >= 0.3 is 12.1 Å². The Balaban J connectivity index is 2.55. The van der Waals surface area contributed by atoms with Crippen molar-refractivity contribution in [2.45, 2.75) is 52.6 Å². The molecule has 0 aliphatic heterocycles. The molecule has 0 saturated heterocycles. The lowest BCUT2D eigenvalue weighted by Gasteiger charge is -2.23. The number of rotatable bonds is 17. The zero-order valence-corrected chi connectivity index (χ0v) is 20.4. The maximum absolute atomic E-state index is 12.9. The van der Waals surface area contributed by atoms with Crippen molar-refractivity contribution in [1.29, 1.82) is 0 Å². The van der Waals surface area contributed by atoms with E-state index in [1.165, 1.54) is 4.90 Å². The first kappa shape index (κ1) is 29.6. The van der Waals surface area contributed by atoms with Crippen molar-refractivity contribution in [2.75, 3.05) is 46.1 Å². The highest BCUT2D eigenvalue weighted by Gasteiger charge is 2.21. The first-order chi connectivity index (χ1) is 16.0. The SMILES string of the molecule is CCOC(Cc1ccc(OCCN(CCOCCC(C)(F)F)C(=O)OCC(C)C)cc1)C(=O)O. The number of aliphatic carboxylic acids is 1. The van der Waals surface area contributed by atoms with Gasteiger partial charge in [-0.3, -0.25) is 0 Å². The summed E-state index contributed by atoms with van der Waals surface area (Å²) >= 11 is 0. The lowest BCUT2D eigenvalue weighted by molar-refractivity contribution is -0.149. The van der Waals surface area contributed by atoms with E-state index in [-0.39, 0.29) is 58.3 Å². The van der Waals surface area contributed by atoms with Crippen LogP contribution >= 0.6 is 0 Å². The highest BCUT2D eigenvalue weighted by Crippen LogP contribution is 2.16. The number of carbonyl (C=O) groups is 2. The first-order valence-electron chi connectivity index (χ1n) is 11.4. The van der Waals surface area contributed by atoms with Crippen molar-refractivity contribution < 1.29 is 42.4 Å². The van der Waals surface area contributed by atoms with E-state index >= 15 is 0 Å². The maximum atomic E-state index is 12.9. The molecule has 1 N–H and O–H groups in total. The number of hydrogen-bond acceptors (Lipinski definition) is 6. The van der Waals surface area contributed by atoms with Gasteiger partial charge in [0, 0.05) is 26.0 Å². The molecule has 0 aliphatic rings. The molecule has 0 fully saturated rings. The minimum atomic E-state index is -2.79. The molecule has 1 atom stereocenters. The van der Waals surface area contributed by atoms with Gasteiger partial charge < -0.3 is 29.0 Å². The summed E-state index contributed by atoms with van der Waals surface area (Å²) in [6.45, 7) is 7.57. The van der Waals surface area contributed by atoms with Gasteiger partial charge in [-0.25, -0.2) is 18.4 Å². The second-order valence-electron chi connectivity index (χ2n) is 8.37. The first-order valence-corrected chi connectivity index (χ1v) is 11.4. The van der Waals surface area contributed by atoms with Crippen LogP contribution in [0.2, 0.25) is 0 Å². The lowest BCUT2D eigenvalue weighted by atomic mass is 10.1. The van der Waals surface area contributed by atoms with Gasteiger partial charge in [0.2, 0.25) is 5.92 Å². The van der Waals surface area contributed by atoms with Crippen LogP contribution in [-0.2, 0) is 25.4 Å². The van der Waals surface area contributed by atoms with Crippen LogP contribution in [0.1, 0.15) is 39.7 Å². The molecule has 1 aromatic rings. The number of ether oxygens (including phenoxy) is 4. The fourth-order valence-electron chi connectivity index (χ4n) is 2.78. The van der Waals surface area contributed by atoms with Gasteiger partial charge in [0.1, 0.15) is 12.4 Å². The molecule has 0 aromatic heterocycles. The number of carboxylic acids is 1. The molecule has 1 unspecified atom stereocenters. The van der Waals surface area contributed by atoms with E-state index in [1.54, 1.807) is 31.2 Å². The summed E-state index contributed by atoms with van der Waals surface area (Å²) < 4.78 is 47.2. The predicted molar refractivity (Wildman–Crippen MR) is 123 cm³/mol. The van der Waals surface area contributed by atoms with Crippen molar-refractivity contribution in [2.24, 2.45) is 5.92 Å². The molecular weight excluding hydrogens is 452 g/mol. The fourth-order valence-corrected chi connectivity index (χ4v) is 2.78. The molecule has 1 amide bonds. The molecule has 0 radical (unpaired) electrons. The van der Waals surface area contributed by atoms with Crippen molar-refractivity contribution >= 4 is 12.1 Å². The Morgan fingerprint density at radius 2 is 1.74 bits per heavy atom. The van der Waals surface area contributed by atoms with Gasteiger partial charge in [0.25, 0.3) is 0 Å². The fraction of sp³-hybridized carbons (Fsp3) is 0.667. The van der Waals surface area contributed by atoms with Crippen LogP contribution < -0.4 is 4.74 Å². The van der Waals surface area contributed by atoms with Gasteiger partial charge in [0.05, 0.1) is 26.4 Å². The number of carbonyl (C=O) groups excluding carboxylic acids is 1. The smallest absolute Gasteiger partial charge is 0.409 e. The molecule has 0 spiro atoms. The number of amides is 1. The monoisotopic (exact) mass is 489 g/mol. The Bertz CT molecular complexity index is 723. The predicted octanol–water partition coefficient (Wildman–Crippen LogP) is 4.25. The zero-order chi connectivity index (χ0) is 25.6. The summed E-state index contributed by atoms with van der Waals surface area (Å²) in [4.78, 5) is 25.0. The number of nitrogens with zero attached hydrogens (tertiary/aromatic N) is 1. The summed E-state index contributed by atoms with van der Waals surface area (Å²) in [6.07, 6.45) is -1.58. The number of alkyl halides is 2. The topological polar surface area (TPSA) is 94.5 Å². The van der Waals surface area contributed by atoms with Crippen molar-refractivity contribution in [3.8, 4) is 5.75 Å². The van der Waals surface area contributed by atoms with Crippen LogP contribution in [0.4, 0.5) is 13.6 Å². The van der Waals surface area contributed by atoms with Crippen molar-refractivity contribution in [3.05, 3.63) is 29.8 Å². The standard InChI is InChI=1S/C24H37F2NO7/c1-5-32-21(22(28)29)16-19-6-8-20(9-7-19)33-15-12-27(23(30)34-17-18(2)3)11-14-31-13-10-24(4,25)26/h6-9,18,21H,5,10-17H2,1-4H3,(H,28,29). The second-order valence-corrected chi connectivity index (χ2v) is 8.37. The van der Waals surface area contributed by atoms with E-state index in [0.29, 0.717) is 12.4 Å². The molecule has 194 valence electrons. The average Bonchev–Trinajstić information content (AvgIpc) is 2.76. The number of halogens is 2. The van der Waals surface area contributed by atoms with Gasteiger partial charge in [-0.05, 0) is 37.5 Å². The molecule has 0 bridgehead atoms. The molecule has 1 rings (SSSR count). The van der Waals surface area contributed by atoms with E-state index < -0.39 is 24.1 Å². The molecular formula is C24H37F2NO7. The number of benzene rings is 1. The number of carboxylic acid groups (broad SMARTS) is 1. The van der Waals surface area contributed by atoms with Crippen LogP contribution in [0.25, 0.3) is 0 Å². The Labute approximate surface area is 200 Å². The van der Waals surface area contributed by atoms with Crippen LogP contribution in [-0.4, -0.2) is 80.2 Å². The maximum Gasteiger partial charge on any atom is 0.409 e. The summed E-state index contributed by atoms with van der Waals surface area (Å²) in [6, 6.07) is 6.96. The Morgan fingerprint density at radius 3 is 2.29 bits per heavy atom. The summed E-state index contributed by atoms with van der Waals surface area (Å²) in [5.41, 5.74) is 0.793. The van der Waals surface area contributed by atoms with E-state index in [4.69, 9.17) is 18.9 Å². The highest BCUT2D eigenvalue weighted by atomic mass is 19.3. The van der Waals surface area contributed by atoms with Gasteiger partial charge in [0.15, 0.2) is 6.10 Å². The minimum Gasteiger partial charge on any atom is -0.492 e. The Morgan fingerprint density at radius 1 is 1.09 bits per heavy atom. The van der Waals surface area contributed by atoms with Gasteiger partial charge in [-0.2, -0.15) is 0 Å². The molecule has 10 heteroatoms. The Hall–Kier alpha value is -2.46. The molecule has 0 heterocycles. The highest BCUT2D eigenvalue weighted by molar-refractivity contribution is 5.72. The summed E-state index contributed by atoms with van der Waals surface area (Å²) in [5, 5.41) is 9.19. The molecule has 0 saturated carbocycles.